The first-order valence-electron chi connectivity index (χ1n) is 8.46. The summed E-state index contributed by atoms with van der Waals surface area (Å²) in [5.74, 6) is 2.26. The first kappa shape index (κ1) is 22.1. The largest absolute Gasteiger partial charge is 0.493 e. The number of hydrogen-bond donors (Lipinski definition) is 2. The minimum atomic E-state index is 0. The molecule has 142 valence electrons. The third kappa shape index (κ3) is 6.74. The molecule has 5 nitrogen and oxygen atoms in total. The lowest BCUT2D eigenvalue weighted by Crippen LogP contribution is -2.36. The van der Waals surface area contributed by atoms with E-state index in [0.717, 1.165) is 29.6 Å². The molecule has 2 rings (SSSR count). The van der Waals surface area contributed by atoms with Crippen LogP contribution in [0.3, 0.4) is 0 Å². The molecular formula is C20H28IN3O2. The molecule has 2 N–H and O–H groups in total. The molecule has 0 unspecified atom stereocenters. The van der Waals surface area contributed by atoms with Crippen LogP contribution in [-0.2, 0) is 13.1 Å². The van der Waals surface area contributed by atoms with E-state index in [1.165, 1.54) is 11.1 Å². The van der Waals surface area contributed by atoms with Crippen molar-refractivity contribution < 1.29 is 9.47 Å². The lowest BCUT2D eigenvalue weighted by atomic mass is 10.1. The maximum Gasteiger partial charge on any atom is 0.191 e. The molecule has 0 spiro atoms. The second-order valence-electron chi connectivity index (χ2n) is 5.69. The fraction of sp³-hybridized carbons (Fsp3) is 0.350. The van der Waals surface area contributed by atoms with E-state index in [4.69, 9.17) is 9.47 Å². The summed E-state index contributed by atoms with van der Waals surface area (Å²) in [6.45, 7) is 6.04. The lowest BCUT2D eigenvalue weighted by molar-refractivity contribution is 0.310. The highest BCUT2D eigenvalue weighted by atomic mass is 127. The van der Waals surface area contributed by atoms with Crippen molar-refractivity contribution in [2.45, 2.75) is 26.9 Å². The van der Waals surface area contributed by atoms with Crippen LogP contribution in [-0.4, -0.2) is 26.7 Å². The molecule has 0 atom stereocenters. The average molecular weight is 469 g/mol. The minimum Gasteiger partial charge on any atom is -0.493 e. The van der Waals surface area contributed by atoms with E-state index in [-0.39, 0.29) is 24.0 Å². The summed E-state index contributed by atoms with van der Waals surface area (Å²) >= 11 is 0. The number of rotatable bonds is 7. The van der Waals surface area contributed by atoms with Crippen LogP contribution in [0.25, 0.3) is 0 Å². The highest BCUT2D eigenvalue weighted by Gasteiger charge is 2.06. The Balaban J connectivity index is 0.00000338. The minimum absolute atomic E-state index is 0. The van der Waals surface area contributed by atoms with Crippen molar-refractivity contribution >= 4 is 29.9 Å². The molecule has 0 radical (unpaired) electrons. The Morgan fingerprint density at radius 2 is 1.69 bits per heavy atom. The van der Waals surface area contributed by atoms with Gasteiger partial charge < -0.3 is 20.1 Å². The molecule has 0 heterocycles. The second kappa shape index (κ2) is 11.6. The molecule has 0 fully saturated rings. The summed E-state index contributed by atoms with van der Waals surface area (Å²) in [5, 5.41) is 6.65. The molecule has 0 bridgehead atoms. The Kier molecular flexibility index (Phi) is 9.87. The number of halogens is 1. The van der Waals surface area contributed by atoms with E-state index in [9.17, 15) is 0 Å². The van der Waals surface area contributed by atoms with E-state index in [1.807, 2.05) is 25.1 Å². The first-order chi connectivity index (χ1) is 12.2. The van der Waals surface area contributed by atoms with E-state index in [2.05, 4.69) is 46.8 Å². The van der Waals surface area contributed by atoms with Crippen LogP contribution in [0.2, 0.25) is 0 Å². The molecule has 0 aliphatic carbocycles. The third-order valence-electron chi connectivity index (χ3n) is 3.75. The zero-order valence-electron chi connectivity index (χ0n) is 15.8. The predicted octanol–water partition coefficient (Wildman–Crippen LogP) is 3.89. The van der Waals surface area contributed by atoms with E-state index in [0.29, 0.717) is 13.2 Å². The van der Waals surface area contributed by atoms with Gasteiger partial charge in [0.25, 0.3) is 0 Å². The SMILES string of the molecule is CCOc1cc(CNC(=NC)NCc2cccc(C)c2)ccc1OC.I. The summed E-state index contributed by atoms with van der Waals surface area (Å²) in [6.07, 6.45) is 0. The van der Waals surface area contributed by atoms with Gasteiger partial charge >= 0.3 is 0 Å². The number of benzene rings is 2. The molecule has 2 aromatic carbocycles. The number of nitrogens with zero attached hydrogens (tertiary/aromatic N) is 1. The van der Waals surface area contributed by atoms with Crippen LogP contribution in [0.5, 0.6) is 11.5 Å². The van der Waals surface area contributed by atoms with Crippen molar-refractivity contribution in [1.82, 2.24) is 10.6 Å². The van der Waals surface area contributed by atoms with Crippen LogP contribution in [0.4, 0.5) is 0 Å². The van der Waals surface area contributed by atoms with E-state index >= 15 is 0 Å². The molecule has 0 amide bonds. The Morgan fingerprint density at radius 3 is 2.27 bits per heavy atom. The van der Waals surface area contributed by atoms with Gasteiger partial charge in [-0.2, -0.15) is 0 Å². The number of hydrogen-bond acceptors (Lipinski definition) is 3. The monoisotopic (exact) mass is 469 g/mol. The van der Waals surface area contributed by atoms with Gasteiger partial charge in [-0.1, -0.05) is 35.9 Å². The van der Waals surface area contributed by atoms with Crippen molar-refractivity contribution in [1.29, 1.82) is 0 Å². The Bertz CT molecular complexity index is 720. The zero-order chi connectivity index (χ0) is 18.1. The molecule has 0 aliphatic heterocycles. The highest BCUT2D eigenvalue weighted by Crippen LogP contribution is 2.27. The van der Waals surface area contributed by atoms with Gasteiger partial charge in [0.2, 0.25) is 0 Å². The number of nitrogens with one attached hydrogen (secondary N) is 2. The van der Waals surface area contributed by atoms with Gasteiger partial charge in [-0.05, 0) is 37.1 Å². The van der Waals surface area contributed by atoms with Crippen molar-refractivity contribution in [2.75, 3.05) is 20.8 Å². The Morgan fingerprint density at radius 1 is 1.00 bits per heavy atom. The zero-order valence-corrected chi connectivity index (χ0v) is 18.2. The van der Waals surface area contributed by atoms with Crippen molar-refractivity contribution in [2.24, 2.45) is 4.99 Å². The first-order valence-corrected chi connectivity index (χ1v) is 8.46. The van der Waals surface area contributed by atoms with Crippen LogP contribution < -0.4 is 20.1 Å². The second-order valence-corrected chi connectivity index (χ2v) is 5.69. The predicted molar refractivity (Wildman–Crippen MR) is 118 cm³/mol. The van der Waals surface area contributed by atoms with Crippen molar-refractivity contribution in [3.63, 3.8) is 0 Å². The summed E-state index contributed by atoms with van der Waals surface area (Å²) in [4.78, 5) is 4.27. The number of aliphatic imine (C=N–C) groups is 1. The molecule has 0 saturated heterocycles. The van der Waals surface area contributed by atoms with Crippen molar-refractivity contribution in [3.8, 4) is 11.5 Å². The smallest absolute Gasteiger partial charge is 0.191 e. The van der Waals surface area contributed by atoms with Gasteiger partial charge in [0.1, 0.15) is 0 Å². The van der Waals surface area contributed by atoms with E-state index in [1.54, 1.807) is 14.2 Å². The fourth-order valence-corrected chi connectivity index (χ4v) is 2.51. The maximum absolute atomic E-state index is 5.62. The molecular weight excluding hydrogens is 441 g/mol. The summed E-state index contributed by atoms with van der Waals surface area (Å²) in [6, 6.07) is 14.4. The summed E-state index contributed by atoms with van der Waals surface area (Å²) in [7, 11) is 3.41. The topological polar surface area (TPSA) is 54.9 Å². The van der Waals surface area contributed by atoms with Crippen LogP contribution >= 0.6 is 24.0 Å². The molecule has 0 aliphatic rings. The van der Waals surface area contributed by atoms with Crippen molar-refractivity contribution in [3.05, 3.63) is 59.2 Å². The fourth-order valence-electron chi connectivity index (χ4n) is 2.51. The Labute approximate surface area is 173 Å². The van der Waals surface area contributed by atoms with Gasteiger partial charge in [-0.25, -0.2) is 0 Å². The van der Waals surface area contributed by atoms with Crippen LogP contribution in [0.1, 0.15) is 23.6 Å². The number of ether oxygens (including phenoxy) is 2. The van der Waals surface area contributed by atoms with E-state index < -0.39 is 0 Å². The van der Waals surface area contributed by atoms with Crippen LogP contribution in [0.15, 0.2) is 47.5 Å². The molecule has 0 aromatic heterocycles. The average Bonchev–Trinajstić information content (AvgIpc) is 2.62. The summed E-state index contributed by atoms with van der Waals surface area (Å²) < 4.78 is 10.9. The normalized spacial score (nSPS) is 10.7. The molecule has 2 aromatic rings. The summed E-state index contributed by atoms with van der Waals surface area (Å²) in [5.41, 5.74) is 3.58. The van der Waals surface area contributed by atoms with Gasteiger partial charge in [-0.15, -0.1) is 24.0 Å². The number of guanidine groups is 1. The van der Waals surface area contributed by atoms with Gasteiger partial charge in [0.05, 0.1) is 13.7 Å². The number of methoxy groups -OCH3 is 1. The molecule has 26 heavy (non-hydrogen) atoms. The standard InChI is InChI=1S/C20H27N3O2.HI/c1-5-25-19-12-17(9-10-18(19)24-4)14-23-20(21-3)22-13-16-8-6-7-15(2)11-16;/h6-12H,5,13-14H2,1-4H3,(H2,21,22,23);1H. The molecule has 6 heteroatoms. The van der Waals surface area contributed by atoms with Gasteiger partial charge in [-0.3, -0.25) is 4.99 Å². The third-order valence-corrected chi connectivity index (χ3v) is 3.75. The Hall–Kier alpha value is -1.96. The van der Waals surface area contributed by atoms with Gasteiger partial charge in [0, 0.05) is 20.1 Å². The van der Waals surface area contributed by atoms with Crippen LogP contribution in [0, 0.1) is 6.92 Å². The lowest BCUT2D eigenvalue weighted by Gasteiger charge is -2.14. The molecule has 0 saturated carbocycles. The highest BCUT2D eigenvalue weighted by molar-refractivity contribution is 14.0. The maximum atomic E-state index is 5.62. The number of aryl methyl sites for hydroxylation is 1. The van der Waals surface area contributed by atoms with Gasteiger partial charge in [0.15, 0.2) is 17.5 Å². The quantitative estimate of drug-likeness (QED) is 0.367.